The first-order valence-corrected chi connectivity index (χ1v) is 7.04. The molecule has 1 saturated heterocycles. The van der Waals surface area contributed by atoms with Crippen molar-refractivity contribution < 1.29 is 0 Å². The van der Waals surface area contributed by atoms with E-state index >= 15 is 0 Å². The van der Waals surface area contributed by atoms with Crippen LogP contribution in [0.2, 0.25) is 0 Å². The van der Waals surface area contributed by atoms with Crippen LogP contribution in [-0.2, 0) is 0 Å². The molecule has 2 rings (SSSR count). The third-order valence-corrected chi connectivity index (χ3v) is 7.27. The molecule has 0 N–H and O–H groups in total. The highest BCUT2D eigenvalue weighted by atomic mass is 31.1. The number of hydrogen-bond donors (Lipinski definition) is 0. The van der Waals surface area contributed by atoms with E-state index in [1.54, 1.807) is 0 Å². The Labute approximate surface area is 82.9 Å². The normalized spacial score (nSPS) is 34.0. The van der Waals surface area contributed by atoms with Crippen molar-refractivity contribution in [2.45, 2.75) is 50.1 Å². The van der Waals surface area contributed by atoms with Gasteiger partial charge in [0.15, 0.2) is 0 Å². The summed E-state index contributed by atoms with van der Waals surface area (Å²) in [4.78, 5) is 0. The van der Waals surface area contributed by atoms with E-state index in [1.165, 1.54) is 19.3 Å². The average molecular weight is 194 g/mol. The zero-order valence-corrected chi connectivity index (χ0v) is 9.50. The number of allylic oxidation sites excluding steroid dienone is 4. The van der Waals surface area contributed by atoms with E-state index in [0.717, 1.165) is 17.0 Å². The Morgan fingerprint density at radius 3 is 2.08 bits per heavy atom. The quantitative estimate of drug-likeness (QED) is 0.597. The zero-order valence-electron chi connectivity index (χ0n) is 8.61. The molecule has 13 heavy (non-hydrogen) atoms. The summed E-state index contributed by atoms with van der Waals surface area (Å²) in [5.41, 5.74) is 2.97. The maximum absolute atomic E-state index is 2.41. The van der Waals surface area contributed by atoms with Crippen LogP contribution in [0.1, 0.15) is 33.1 Å². The van der Waals surface area contributed by atoms with E-state index in [0.29, 0.717) is 7.92 Å². The molecule has 0 aromatic rings. The van der Waals surface area contributed by atoms with Crippen molar-refractivity contribution in [1.82, 2.24) is 0 Å². The van der Waals surface area contributed by atoms with Gasteiger partial charge in [-0.05, 0) is 30.6 Å². The molecular weight excluding hydrogens is 175 g/mol. The van der Waals surface area contributed by atoms with Gasteiger partial charge in [-0.2, -0.15) is 0 Å². The monoisotopic (exact) mass is 194 g/mol. The maximum atomic E-state index is 2.41. The Morgan fingerprint density at radius 2 is 1.62 bits per heavy atom. The molecule has 2 aliphatic rings. The van der Waals surface area contributed by atoms with Crippen LogP contribution in [0, 0.1) is 0 Å². The Bertz CT molecular complexity index is 207. The first-order chi connectivity index (χ1) is 6.36. The highest BCUT2D eigenvalue weighted by Crippen LogP contribution is 2.65. The maximum Gasteiger partial charge on any atom is 0.0161 e. The molecule has 0 nitrogen and oxygen atoms in total. The molecule has 0 radical (unpaired) electrons. The first kappa shape index (κ1) is 9.46. The van der Waals surface area contributed by atoms with Gasteiger partial charge in [0.1, 0.15) is 0 Å². The van der Waals surface area contributed by atoms with E-state index < -0.39 is 0 Å². The van der Waals surface area contributed by atoms with Gasteiger partial charge in [-0.25, -0.2) is 0 Å². The fourth-order valence-electron chi connectivity index (χ4n) is 2.58. The highest BCUT2D eigenvalue weighted by Gasteiger charge is 2.41. The summed E-state index contributed by atoms with van der Waals surface area (Å²) < 4.78 is 0. The van der Waals surface area contributed by atoms with Crippen LogP contribution in [0.5, 0.6) is 0 Å². The lowest BCUT2D eigenvalue weighted by Gasteiger charge is -2.47. The lowest BCUT2D eigenvalue weighted by Crippen LogP contribution is -2.33. The third kappa shape index (κ3) is 1.62. The molecule has 1 aliphatic carbocycles. The second-order valence-corrected chi connectivity index (χ2v) is 7.02. The van der Waals surface area contributed by atoms with Gasteiger partial charge >= 0.3 is 0 Å². The minimum absolute atomic E-state index is 0.300. The summed E-state index contributed by atoms with van der Waals surface area (Å²) in [7, 11) is 0.300. The predicted octanol–water partition coefficient (Wildman–Crippen LogP) is 3.92. The molecule has 72 valence electrons. The van der Waals surface area contributed by atoms with Crippen molar-refractivity contribution >= 4 is 7.92 Å². The third-order valence-electron chi connectivity index (χ3n) is 3.40. The summed E-state index contributed by atoms with van der Waals surface area (Å²) in [5.74, 6) is 0. The topological polar surface area (TPSA) is 0 Å². The van der Waals surface area contributed by atoms with E-state index in [1.807, 2.05) is 0 Å². The fraction of sp³-hybridized carbons (Fsp3) is 0.667. The minimum Gasteiger partial charge on any atom is -0.0893 e. The molecule has 0 aromatic carbocycles. The van der Waals surface area contributed by atoms with E-state index in [4.69, 9.17) is 0 Å². The fourth-order valence-corrected chi connectivity index (χ4v) is 6.19. The molecule has 1 fully saturated rings. The Kier molecular flexibility index (Phi) is 2.89. The highest BCUT2D eigenvalue weighted by molar-refractivity contribution is 7.62. The summed E-state index contributed by atoms with van der Waals surface area (Å²) in [6.07, 6.45) is 13.6. The molecule has 1 aliphatic heterocycles. The van der Waals surface area contributed by atoms with Crippen LogP contribution < -0.4 is 0 Å². The van der Waals surface area contributed by atoms with Crippen LogP contribution >= 0.6 is 7.92 Å². The molecule has 0 unspecified atom stereocenters. The smallest absolute Gasteiger partial charge is 0.0161 e. The predicted molar refractivity (Wildman–Crippen MR) is 61.8 cm³/mol. The van der Waals surface area contributed by atoms with Crippen molar-refractivity contribution in [3.05, 3.63) is 24.3 Å². The second-order valence-electron chi connectivity index (χ2n) is 4.07. The zero-order chi connectivity index (χ0) is 9.26. The van der Waals surface area contributed by atoms with E-state index in [2.05, 4.69) is 38.2 Å². The first-order valence-electron chi connectivity index (χ1n) is 5.49. The van der Waals surface area contributed by atoms with Crippen LogP contribution in [0.15, 0.2) is 24.3 Å². The van der Waals surface area contributed by atoms with Gasteiger partial charge in [0.2, 0.25) is 0 Å². The van der Waals surface area contributed by atoms with Gasteiger partial charge in [-0.1, -0.05) is 46.1 Å². The van der Waals surface area contributed by atoms with Crippen LogP contribution in [0.4, 0.5) is 0 Å². The van der Waals surface area contributed by atoms with Gasteiger partial charge in [0.25, 0.3) is 0 Å². The summed E-state index contributed by atoms with van der Waals surface area (Å²) >= 11 is 0. The Morgan fingerprint density at radius 1 is 1.08 bits per heavy atom. The Hall–Kier alpha value is -0.0900. The van der Waals surface area contributed by atoms with Crippen LogP contribution in [0.25, 0.3) is 0 Å². The standard InChI is InChI=1S/C12H19P/c1-3-10-9-11(4-2)13(10)12-7-5-6-8-12/h5-8,10-12H,3-4,9H2,1-2H3/t10-,11-/m0/s1. The van der Waals surface area contributed by atoms with Crippen molar-refractivity contribution in [3.8, 4) is 0 Å². The average Bonchev–Trinajstić information content (AvgIpc) is 2.57. The Balaban J connectivity index is 2.01. The van der Waals surface area contributed by atoms with Gasteiger partial charge in [0, 0.05) is 5.66 Å². The van der Waals surface area contributed by atoms with Crippen molar-refractivity contribution in [2.75, 3.05) is 0 Å². The van der Waals surface area contributed by atoms with Crippen molar-refractivity contribution in [2.24, 2.45) is 0 Å². The number of hydrogen-bond acceptors (Lipinski definition) is 0. The minimum atomic E-state index is 0.300. The van der Waals surface area contributed by atoms with Crippen LogP contribution in [-0.4, -0.2) is 17.0 Å². The molecule has 0 spiro atoms. The van der Waals surface area contributed by atoms with Gasteiger partial charge in [-0.15, -0.1) is 0 Å². The molecule has 1 heterocycles. The molecule has 0 amide bonds. The van der Waals surface area contributed by atoms with Gasteiger partial charge < -0.3 is 0 Å². The SMILES string of the molecule is CC[C@H]1C[C@H](CC)P1C1C=CC=C1. The molecule has 0 bridgehead atoms. The van der Waals surface area contributed by atoms with E-state index in [-0.39, 0.29) is 0 Å². The summed E-state index contributed by atoms with van der Waals surface area (Å²) in [5, 5.41) is 0. The van der Waals surface area contributed by atoms with Crippen LogP contribution in [0.3, 0.4) is 0 Å². The summed E-state index contributed by atoms with van der Waals surface area (Å²) in [6, 6.07) is 0. The number of rotatable bonds is 3. The molecule has 0 saturated carbocycles. The van der Waals surface area contributed by atoms with Gasteiger partial charge in [0.05, 0.1) is 0 Å². The lowest BCUT2D eigenvalue weighted by atomic mass is 10.1. The second kappa shape index (κ2) is 3.96. The van der Waals surface area contributed by atoms with Crippen molar-refractivity contribution in [1.29, 1.82) is 0 Å². The largest absolute Gasteiger partial charge is 0.0893 e. The van der Waals surface area contributed by atoms with Gasteiger partial charge in [-0.3, -0.25) is 0 Å². The van der Waals surface area contributed by atoms with E-state index in [9.17, 15) is 0 Å². The molecular formula is C12H19P. The molecule has 2 atom stereocenters. The molecule has 0 aromatic heterocycles. The van der Waals surface area contributed by atoms with Crippen molar-refractivity contribution in [3.63, 3.8) is 0 Å². The lowest BCUT2D eigenvalue weighted by molar-refractivity contribution is 0.600. The molecule has 1 heteroatoms. The summed E-state index contributed by atoms with van der Waals surface area (Å²) in [6.45, 7) is 4.71.